The van der Waals surface area contributed by atoms with Crippen molar-refractivity contribution >= 4 is 16.9 Å². The molecule has 1 aromatic heterocycles. The summed E-state index contributed by atoms with van der Waals surface area (Å²) in [4.78, 5) is 11.8. The van der Waals surface area contributed by atoms with E-state index in [1.54, 1.807) is 0 Å². The minimum absolute atomic E-state index is 0.462. The highest BCUT2D eigenvalue weighted by molar-refractivity contribution is 5.75. The smallest absolute Gasteiger partial charge is 0.148 e. The molecule has 0 saturated carbocycles. The van der Waals surface area contributed by atoms with Gasteiger partial charge in [0.2, 0.25) is 0 Å². The van der Waals surface area contributed by atoms with Gasteiger partial charge in [-0.25, -0.2) is 4.98 Å². The number of para-hydroxylation sites is 2. The van der Waals surface area contributed by atoms with Crippen LogP contribution in [-0.4, -0.2) is 35.6 Å². The molecule has 2 atom stereocenters. The van der Waals surface area contributed by atoms with Crippen molar-refractivity contribution in [3.8, 4) is 0 Å². The van der Waals surface area contributed by atoms with Gasteiger partial charge in [0.05, 0.1) is 17.2 Å². The van der Waals surface area contributed by atoms with Crippen LogP contribution in [0.3, 0.4) is 0 Å². The van der Waals surface area contributed by atoms with Crippen LogP contribution in [0.2, 0.25) is 0 Å². The third-order valence-electron chi connectivity index (χ3n) is 4.31. The summed E-state index contributed by atoms with van der Waals surface area (Å²) in [5.74, 6) is 1.01. The Bertz CT molecular complexity index is 583. The molecule has 0 aliphatic carbocycles. The van der Waals surface area contributed by atoms with Gasteiger partial charge in [0.1, 0.15) is 5.82 Å². The van der Waals surface area contributed by atoms with E-state index in [9.17, 15) is 0 Å². The number of aromatic nitrogens is 2. The van der Waals surface area contributed by atoms with Crippen LogP contribution in [-0.2, 0) is 0 Å². The second kappa shape index (κ2) is 5.75. The highest BCUT2D eigenvalue weighted by Crippen LogP contribution is 2.25. The molecule has 0 spiro atoms. The van der Waals surface area contributed by atoms with Gasteiger partial charge in [0.25, 0.3) is 0 Å². The van der Waals surface area contributed by atoms with Crippen LogP contribution in [0, 0.1) is 0 Å². The fourth-order valence-corrected chi connectivity index (χ4v) is 3.04. The van der Waals surface area contributed by atoms with Crippen LogP contribution in [0.25, 0.3) is 11.0 Å². The predicted octanol–water partition coefficient (Wildman–Crippen LogP) is 2.60. The van der Waals surface area contributed by atoms with E-state index in [2.05, 4.69) is 22.1 Å². The zero-order chi connectivity index (χ0) is 13.9. The van der Waals surface area contributed by atoms with Crippen LogP contribution in [0.1, 0.15) is 26.2 Å². The summed E-state index contributed by atoms with van der Waals surface area (Å²) < 4.78 is 0. The van der Waals surface area contributed by atoms with Crippen molar-refractivity contribution in [1.29, 1.82) is 0 Å². The van der Waals surface area contributed by atoms with Gasteiger partial charge < -0.3 is 10.2 Å². The second-order valence-corrected chi connectivity index (χ2v) is 5.55. The van der Waals surface area contributed by atoms with Gasteiger partial charge in [-0.05, 0) is 45.4 Å². The van der Waals surface area contributed by atoms with E-state index in [0.717, 1.165) is 23.4 Å². The molecule has 1 aliphatic rings. The topological polar surface area (TPSA) is 41.0 Å². The van der Waals surface area contributed by atoms with E-state index in [0.29, 0.717) is 12.1 Å². The molecule has 1 aliphatic heterocycles. The van der Waals surface area contributed by atoms with Crippen LogP contribution in [0.4, 0.5) is 5.82 Å². The molecule has 20 heavy (non-hydrogen) atoms. The maximum absolute atomic E-state index is 4.80. The Labute approximate surface area is 120 Å². The standard InChI is InChI=1S/C16H22N4/c1-12(17-2)15-9-5-6-10-20(15)16-11-18-13-7-3-4-8-14(13)19-16/h3-4,7-8,11-12,15,17H,5-6,9-10H2,1-2H3. The van der Waals surface area contributed by atoms with Gasteiger partial charge in [-0.3, -0.25) is 4.98 Å². The van der Waals surface area contributed by atoms with Crippen LogP contribution in [0.5, 0.6) is 0 Å². The van der Waals surface area contributed by atoms with Crippen molar-refractivity contribution < 1.29 is 0 Å². The molecule has 2 heterocycles. The van der Waals surface area contributed by atoms with Gasteiger partial charge in [0.15, 0.2) is 0 Å². The monoisotopic (exact) mass is 270 g/mol. The molecule has 2 aromatic rings. The Balaban J connectivity index is 1.94. The average molecular weight is 270 g/mol. The molecule has 1 saturated heterocycles. The first-order valence-corrected chi connectivity index (χ1v) is 7.45. The number of rotatable bonds is 3. The molecule has 106 valence electrons. The summed E-state index contributed by atoms with van der Waals surface area (Å²) in [6.07, 6.45) is 5.68. The third-order valence-corrected chi connectivity index (χ3v) is 4.31. The summed E-state index contributed by atoms with van der Waals surface area (Å²) in [5.41, 5.74) is 1.94. The lowest BCUT2D eigenvalue weighted by Gasteiger charge is -2.39. The van der Waals surface area contributed by atoms with Crippen molar-refractivity contribution in [2.45, 2.75) is 38.3 Å². The minimum atomic E-state index is 0.462. The number of benzene rings is 1. The number of hydrogen-bond donors (Lipinski definition) is 1. The van der Waals surface area contributed by atoms with E-state index in [-0.39, 0.29) is 0 Å². The number of nitrogens with one attached hydrogen (secondary N) is 1. The highest BCUT2D eigenvalue weighted by atomic mass is 15.2. The number of anilines is 1. The molecule has 3 rings (SSSR count). The first-order valence-electron chi connectivity index (χ1n) is 7.45. The van der Waals surface area contributed by atoms with E-state index in [1.807, 2.05) is 37.5 Å². The number of likely N-dealkylation sites (N-methyl/N-ethyl adjacent to an activating group) is 1. The molecule has 4 nitrogen and oxygen atoms in total. The maximum atomic E-state index is 4.80. The summed E-state index contributed by atoms with van der Waals surface area (Å²) in [6.45, 7) is 3.32. The summed E-state index contributed by atoms with van der Waals surface area (Å²) in [5, 5.41) is 3.38. The fourth-order valence-electron chi connectivity index (χ4n) is 3.04. The molecule has 2 unspecified atom stereocenters. The number of piperidine rings is 1. The van der Waals surface area contributed by atoms with Crippen molar-refractivity contribution in [3.05, 3.63) is 30.5 Å². The van der Waals surface area contributed by atoms with Crippen LogP contribution in [0.15, 0.2) is 30.5 Å². The van der Waals surface area contributed by atoms with E-state index in [4.69, 9.17) is 4.98 Å². The highest BCUT2D eigenvalue weighted by Gasteiger charge is 2.27. The molecular formula is C16H22N4. The Kier molecular flexibility index (Phi) is 3.83. The zero-order valence-electron chi connectivity index (χ0n) is 12.2. The number of nitrogens with zero attached hydrogens (tertiary/aromatic N) is 3. The summed E-state index contributed by atoms with van der Waals surface area (Å²) in [7, 11) is 2.03. The minimum Gasteiger partial charge on any atom is -0.351 e. The Morgan fingerprint density at radius 1 is 1.25 bits per heavy atom. The largest absolute Gasteiger partial charge is 0.351 e. The first kappa shape index (κ1) is 13.3. The average Bonchev–Trinajstić information content (AvgIpc) is 2.53. The third kappa shape index (κ3) is 2.48. The van der Waals surface area contributed by atoms with Gasteiger partial charge in [0, 0.05) is 18.6 Å². The summed E-state index contributed by atoms with van der Waals surface area (Å²) >= 11 is 0. The van der Waals surface area contributed by atoms with E-state index >= 15 is 0 Å². The lowest BCUT2D eigenvalue weighted by molar-refractivity contribution is 0.380. The van der Waals surface area contributed by atoms with Crippen molar-refractivity contribution in [2.24, 2.45) is 0 Å². The predicted molar refractivity (Wildman–Crippen MR) is 83.0 cm³/mol. The first-order chi connectivity index (χ1) is 9.79. The van der Waals surface area contributed by atoms with Crippen molar-refractivity contribution in [3.63, 3.8) is 0 Å². The fraction of sp³-hybridized carbons (Fsp3) is 0.500. The molecule has 0 amide bonds. The lowest BCUT2D eigenvalue weighted by Crippen LogP contribution is -2.50. The summed E-state index contributed by atoms with van der Waals surface area (Å²) in [6, 6.07) is 9.03. The maximum Gasteiger partial charge on any atom is 0.148 e. The van der Waals surface area contributed by atoms with Crippen LogP contribution >= 0.6 is 0 Å². The van der Waals surface area contributed by atoms with Gasteiger partial charge in [-0.15, -0.1) is 0 Å². The molecule has 1 aromatic carbocycles. The Morgan fingerprint density at radius 3 is 2.85 bits per heavy atom. The molecule has 1 N–H and O–H groups in total. The normalized spacial score (nSPS) is 21.1. The lowest BCUT2D eigenvalue weighted by atomic mass is 9.96. The van der Waals surface area contributed by atoms with Crippen LogP contribution < -0.4 is 10.2 Å². The van der Waals surface area contributed by atoms with Gasteiger partial charge >= 0.3 is 0 Å². The van der Waals surface area contributed by atoms with E-state index < -0.39 is 0 Å². The molecule has 1 fully saturated rings. The molecule has 0 radical (unpaired) electrons. The molecule has 4 heteroatoms. The zero-order valence-corrected chi connectivity index (χ0v) is 12.2. The Hall–Kier alpha value is -1.68. The quantitative estimate of drug-likeness (QED) is 0.931. The number of fused-ring (bicyclic) bond motifs is 1. The van der Waals surface area contributed by atoms with Crippen molar-refractivity contribution in [2.75, 3.05) is 18.5 Å². The Morgan fingerprint density at radius 2 is 2.05 bits per heavy atom. The SMILES string of the molecule is CNC(C)C1CCCCN1c1cnc2ccccc2n1. The number of hydrogen-bond acceptors (Lipinski definition) is 4. The van der Waals surface area contributed by atoms with E-state index in [1.165, 1.54) is 19.3 Å². The van der Waals surface area contributed by atoms with Gasteiger partial charge in [-0.2, -0.15) is 0 Å². The second-order valence-electron chi connectivity index (χ2n) is 5.55. The van der Waals surface area contributed by atoms with Gasteiger partial charge in [-0.1, -0.05) is 12.1 Å². The van der Waals surface area contributed by atoms with Crippen molar-refractivity contribution in [1.82, 2.24) is 15.3 Å². The molecular weight excluding hydrogens is 248 g/mol. The molecule has 0 bridgehead atoms.